The molecular formula is C30H46BrN3O7. The number of hydrogen-bond donors (Lipinski definition) is 2. The molecule has 0 radical (unpaired) electrons. The van der Waals surface area contributed by atoms with Crippen LogP contribution in [0.25, 0.3) is 0 Å². The first-order valence-electron chi connectivity index (χ1n) is 14.8. The minimum Gasteiger partial charge on any atom is -0.460 e. The summed E-state index contributed by atoms with van der Waals surface area (Å²) in [6.45, 7) is 13.7. The zero-order valence-corrected chi connectivity index (χ0v) is 26.1. The maximum atomic E-state index is 14.3. The quantitative estimate of drug-likeness (QED) is 0.108. The van der Waals surface area contributed by atoms with Gasteiger partial charge in [-0.25, -0.2) is 0 Å². The number of hydrogen-bond acceptors (Lipinski definition) is 7. The van der Waals surface area contributed by atoms with Gasteiger partial charge in [0.15, 0.2) is 0 Å². The van der Waals surface area contributed by atoms with E-state index in [2.05, 4.69) is 41.3 Å². The molecule has 10 nitrogen and oxygen atoms in total. The van der Waals surface area contributed by atoms with E-state index >= 15 is 0 Å². The highest BCUT2D eigenvalue weighted by molar-refractivity contribution is 9.09. The smallest absolute Gasteiger partial charge is 0.312 e. The van der Waals surface area contributed by atoms with E-state index in [1.165, 1.54) is 4.90 Å². The number of esters is 1. The van der Waals surface area contributed by atoms with Crippen LogP contribution in [0.4, 0.5) is 0 Å². The molecule has 230 valence electrons. The SMILES string of the molecule is C=CCCC(=O)NC[C@H](C)OC(=O)[C@H]1[C@@H]2O[C@@]3(CC2Br)[C@@H]1C(=O)N([C@@H](CC)CO)[C@@H]3C(=O)N(CC=C)CCCCC. The van der Waals surface area contributed by atoms with Crippen LogP contribution in [-0.4, -0.2) is 99.6 Å². The second-order valence-electron chi connectivity index (χ2n) is 11.3. The molecule has 2 N–H and O–H groups in total. The molecule has 11 heteroatoms. The fraction of sp³-hybridized carbons (Fsp3) is 0.733. The predicted molar refractivity (Wildman–Crippen MR) is 158 cm³/mol. The number of alkyl halides is 1. The van der Waals surface area contributed by atoms with Gasteiger partial charge in [-0.3, -0.25) is 19.2 Å². The first-order chi connectivity index (χ1) is 19.6. The van der Waals surface area contributed by atoms with E-state index in [1.807, 2.05) is 6.92 Å². The molecule has 0 aromatic rings. The number of fused-ring (bicyclic) bond motifs is 1. The van der Waals surface area contributed by atoms with Gasteiger partial charge in [-0.2, -0.15) is 0 Å². The molecule has 2 bridgehead atoms. The Morgan fingerprint density at radius 3 is 2.63 bits per heavy atom. The highest BCUT2D eigenvalue weighted by atomic mass is 79.9. The lowest BCUT2D eigenvalue weighted by Gasteiger charge is -2.39. The molecule has 1 unspecified atom stereocenters. The van der Waals surface area contributed by atoms with Crippen molar-refractivity contribution in [3.05, 3.63) is 25.3 Å². The van der Waals surface area contributed by atoms with E-state index in [1.54, 1.807) is 24.0 Å². The number of carbonyl (C=O) groups is 4. The number of aliphatic hydroxyl groups is 1. The number of carbonyl (C=O) groups excluding carboxylic acids is 4. The molecule has 3 aliphatic heterocycles. The van der Waals surface area contributed by atoms with Crippen LogP contribution in [0.2, 0.25) is 0 Å². The van der Waals surface area contributed by atoms with E-state index in [-0.39, 0.29) is 35.7 Å². The second-order valence-corrected chi connectivity index (χ2v) is 12.5. The molecule has 3 saturated heterocycles. The highest BCUT2D eigenvalue weighted by Crippen LogP contribution is 2.60. The maximum Gasteiger partial charge on any atom is 0.312 e. The molecule has 0 aliphatic carbocycles. The molecule has 3 heterocycles. The van der Waals surface area contributed by atoms with E-state index in [9.17, 15) is 24.3 Å². The Morgan fingerprint density at radius 2 is 2.02 bits per heavy atom. The molecule has 3 fully saturated rings. The highest BCUT2D eigenvalue weighted by Gasteiger charge is 2.77. The van der Waals surface area contributed by atoms with Gasteiger partial charge in [-0.15, -0.1) is 13.2 Å². The summed E-state index contributed by atoms with van der Waals surface area (Å²) in [5.41, 5.74) is -1.23. The Labute approximate surface area is 252 Å². The minimum absolute atomic E-state index is 0.130. The number of allylic oxidation sites excluding steroid dienone is 1. The van der Waals surface area contributed by atoms with E-state index in [4.69, 9.17) is 9.47 Å². The van der Waals surface area contributed by atoms with Crippen LogP contribution in [-0.2, 0) is 28.7 Å². The normalized spacial score (nSPS) is 29.5. The lowest BCUT2D eigenvalue weighted by atomic mass is 9.70. The van der Waals surface area contributed by atoms with Crippen molar-refractivity contribution in [2.45, 2.75) is 100 Å². The van der Waals surface area contributed by atoms with Gasteiger partial charge < -0.3 is 29.7 Å². The average Bonchev–Trinajstić information content (AvgIpc) is 3.54. The summed E-state index contributed by atoms with van der Waals surface area (Å²) in [4.78, 5) is 57.0. The molecule has 0 aromatic heterocycles. The molecule has 3 amide bonds. The Bertz CT molecular complexity index is 989. The lowest BCUT2D eigenvalue weighted by molar-refractivity contribution is -0.160. The summed E-state index contributed by atoms with van der Waals surface area (Å²) in [5.74, 6) is -3.23. The Morgan fingerprint density at radius 1 is 1.29 bits per heavy atom. The van der Waals surface area contributed by atoms with Crippen molar-refractivity contribution in [1.29, 1.82) is 0 Å². The topological polar surface area (TPSA) is 125 Å². The standard InChI is InChI=1S/C30H46BrN3O7/c1-6-10-12-15-33(14-8-3)28(38)26-30-16-21(31)25(41-30)23(24(30)27(37)34(26)20(9-4)18-35)29(39)40-19(5)17-32-22(36)13-11-7-2/h7-8,19-21,23-26,35H,2-3,6,9-18H2,1,4-5H3,(H,32,36)/t19-,20-,21?,23+,24-,25+,26+,30-/m0/s1. The summed E-state index contributed by atoms with van der Waals surface area (Å²) in [6.07, 6.45) is 6.46. The third kappa shape index (κ3) is 6.72. The third-order valence-corrected chi connectivity index (χ3v) is 9.33. The fourth-order valence-electron chi connectivity index (χ4n) is 6.49. The van der Waals surface area contributed by atoms with Crippen LogP contribution in [0, 0.1) is 11.8 Å². The van der Waals surface area contributed by atoms with Crippen molar-refractivity contribution >= 4 is 39.6 Å². The van der Waals surface area contributed by atoms with Gasteiger partial charge in [-0.05, 0) is 32.6 Å². The summed E-state index contributed by atoms with van der Waals surface area (Å²) >= 11 is 3.66. The van der Waals surface area contributed by atoms with E-state index in [0.717, 1.165) is 19.3 Å². The monoisotopic (exact) mass is 639 g/mol. The average molecular weight is 641 g/mol. The molecule has 3 rings (SSSR count). The van der Waals surface area contributed by atoms with E-state index < -0.39 is 47.7 Å². The van der Waals surface area contributed by atoms with Crippen LogP contribution in [0.1, 0.15) is 65.7 Å². The summed E-state index contributed by atoms with van der Waals surface area (Å²) < 4.78 is 12.3. The van der Waals surface area contributed by atoms with Crippen LogP contribution in [0.15, 0.2) is 25.3 Å². The molecular weight excluding hydrogens is 594 g/mol. The summed E-state index contributed by atoms with van der Waals surface area (Å²) in [5, 5.41) is 13.0. The van der Waals surface area contributed by atoms with Crippen molar-refractivity contribution in [1.82, 2.24) is 15.1 Å². The molecule has 41 heavy (non-hydrogen) atoms. The number of nitrogens with zero attached hydrogens (tertiary/aromatic N) is 2. The van der Waals surface area contributed by atoms with Crippen LogP contribution < -0.4 is 5.32 Å². The van der Waals surface area contributed by atoms with Crippen molar-refractivity contribution in [2.24, 2.45) is 11.8 Å². The fourth-order valence-corrected chi connectivity index (χ4v) is 7.44. The third-order valence-electron chi connectivity index (χ3n) is 8.48. The van der Waals surface area contributed by atoms with Crippen LogP contribution in [0.3, 0.4) is 0 Å². The van der Waals surface area contributed by atoms with Crippen LogP contribution >= 0.6 is 15.9 Å². The van der Waals surface area contributed by atoms with Gasteiger partial charge >= 0.3 is 5.97 Å². The second kappa shape index (κ2) is 14.8. The first-order valence-corrected chi connectivity index (χ1v) is 15.8. The number of rotatable bonds is 17. The van der Waals surface area contributed by atoms with Gasteiger partial charge in [0.05, 0.1) is 37.1 Å². The van der Waals surface area contributed by atoms with Crippen molar-refractivity contribution in [2.75, 3.05) is 26.2 Å². The van der Waals surface area contributed by atoms with Gasteiger partial charge in [0.2, 0.25) is 17.7 Å². The van der Waals surface area contributed by atoms with Gasteiger partial charge in [-0.1, -0.05) is 54.8 Å². The predicted octanol–water partition coefficient (Wildman–Crippen LogP) is 2.72. The number of aliphatic hydroxyl groups excluding tert-OH is 1. The number of ether oxygens (including phenoxy) is 2. The number of unbranched alkanes of at least 4 members (excludes halogenated alkanes) is 2. The van der Waals surface area contributed by atoms with Gasteiger partial charge in [0, 0.05) is 24.3 Å². The first kappa shape index (κ1) is 33.3. The number of nitrogens with one attached hydrogen (secondary N) is 1. The summed E-state index contributed by atoms with van der Waals surface area (Å²) in [7, 11) is 0. The molecule has 8 atom stereocenters. The molecule has 0 aromatic carbocycles. The van der Waals surface area contributed by atoms with Crippen molar-refractivity contribution in [3.63, 3.8) is 0 Å². The Balaban J connectivity index is 1.90. The maximum absolute atomic E-state index is 14.3. The Hall–Kier alpha value is -2.24. The van der Waals surface area contributed by atoms with Gasteiger partial charge in [0.1, 0.15) is 17.7 Å². The molecule has 3 aliphatic rings. The van der Waals surface area contributed by atoms with Crippen molar-refractivity contribution in [3.8, 4) is 0 Å². The lowest BCUT2D eigenvalue weighted by Crippen LogP contribution is -2.59. The van der Waals surface area contributed by atoms with Crippen molar-refractivity contribution < 1.29 is 33.8 Å². The molecule has 0 saturated carbocycles. The minimum atomic E-state index is -1.23. The van der Waals surface area contributed by atoms with E-state index in [0.29, 0.717) is 38.8 Å². The molecule has 1 spiro atoms. The number of halogens is 1. The van der Waals surface area contributed by atoms with Gasteiger partial charge in [0.25, 0.3) is 0 Å². The summed E-state index contributed by atoms with van der Waals surface area (Å²) in [6, 6.07) is -1.58. The zero-order chi connectivity index (χ0) is 30.3. The number of amides is 3. The largest absolute Gasteiger partial charge is 0.460 e. The number of likely N-dealkylation sites (tertiary alicyclic amines) is 1. The Kier molecular flexibility index (Phi) is 12.0. The zero-order valence-electron chi connectivity index (χ0n) is 24.6. The van der Waals surface area contributed by atoms with Crippen LogP contribution in [0.5, 0.6) is 0 Å².